The van der Waals surface area contributed by atoms with Gasteiger partial charge in [0.25, 0.3) is 5.91 Å². The number of carboxylic acid groups (broad SMARTS) is 1. The number of amides is 1. The SMILES string of the molecule is O=C(COc1ccc(Br)cc1)Nc1ccccc1C(=O)[O-]. The Morgan fingerprint density at radius 2 is 1.76 bits per heavy atom. The van der Waals surface area contributed by atoms with Crippen LogP contribution in [0.5, 0.6) is 5.75 Å². The second kappa shape index (κ2) is 6.90. The number of benzene rings is 2. The molecule has 1 N–H and O–H groups in total. The Kier molecular flexibility index (Phi) is 4.94. The van der Waals surface area contributed by atoms with Gasteiger partial charge in [-0.25, -0.2) is 0 Å². The summed E-state index contributed by atoms with van der Waals surface area (Å²) in [5, 5.41) is 13.4. The van der Waals surface area contributed by atoms with E-state index in [1.807, 2.05) is 0 Å². The number of halogens is 1. The monoisotopic (exact) mass is 348 g/mol. The van der Waals surface area contributed by atoms with Crippen LogP contribution < -0.4 is 15.2 Å². The first kappa shape index (κ1) is 15.1. The summed E-state index contributed by atoms with van der Waals surface area (Å²) >= 11 is 3.29. The van der Waals surface area contributed by atoms with Gasteiger partial charge < -0.3 is 20.0 Å². The molecule has 108 valence electrons. The standard InChI is InChI=1S/C15H12BrNO4/c16-10-5-7-11(8-6-10)21-9-14(18)17-13-4-2-1-3-12(13)15(19)20/h1-8H,9H2,(H,17,18)(H,19,20)/p-1. The molecule has 0 saturated carbocycles. The molecule has 0 unspecified atom stereocenters. The van der Waals surface area contributed by atoms with Crippen LogP contribution in [0.3, 0.4) is 0 Å². The molecule has 0 radical (unpaired) electrons. The predicted octanol–water partition coefficient (Wildman–Crippen LogP) is 1.83. The van der Waals surface area contributed by atoms with Crippen molar-refractivity contribution >= 4 is 33.5 Å². The Balaban J connectivity index is 1.96. The number of nitrogens with one attached hydrogen (secondary N) is 1. The van der Waals surface area contributed by atoms with Gasteiger partial charge in [0.2, 0.25) is 0 Å². The number of rotatable bonds is 5. The number of hydrogen-bond acceptors (Lipinski definition) is 4. The molecule has 0 aromatic heterocycles. The van der Waals surface area contributed by atoms with Crippen LogP contribution in [0.25, 0.3) is 0 Å². The number of hydrogen-bond donors (Lipinski definition) is 1. The third-order valence-corrected chi connectivity index (χ3v) is 3.13. The molecule has 2 aromatic rings. The molecule has 0 aliphatic carbocycles. The largest absolute Gasteiger partial charge is 0.545 e. The minimum atomic E-state index is -1.35. The van der Waals surface area contributed by atoms with Crippen LogP contribution >= 0.6 is 15.9 Å². The van der Waals surface area contributed by atoms with Crippen molar-refractivity contribution in [3.8, 4) is 5.75 Å². The maximum Gasteiger partial charge on any atom is 0.262 e. The highest BCUT2D eigenvalue weighted by Gasteiger charge is 2.08. The van der Waals surface area contributed by atoms with Crippen molar-refractivity contribution in [1.82, 2.24) is 0 Å². The van der Waals surface area contributed by atoms with Crippen molar-refractivity contribution in [2.75, 3.05) is 11.9 Å². The predicted molar refractivity (Wildman–Crippen MR) is 79.0 cm³/mol. The number of carbonyl (C=O) groups is 2. The topological polar surface area (TPSA) is 78.5 Å². The first-order chi connectivity index (χ1) is 10.1. The summed E-state index contributed by atoms with van der Waals surface area (Å²) in [6, 6.07) is 13.0. The van der Waals surface area contributed by atoms with Gasteiger partial charge in [0, 0.05) is 15.7 Å². The van der Waals surface area contributed by atoms with E-state index in [1.165, 1.54) is 12.1 Å². The molecule has 6 heteroatoms. The van der Waals surface area contributed by atoms with E-state index in [-0.39, 0.29) is 17.9 Å². The number of aromatic carboxylic acids is 1. The number of para-hydroxylation sites is 1. The molecular formula is C15H11BrNO4-. The van der Waals surface area contributed by atoms with E-state index in [2.05, 4.69) is 21.2 Å². The van der Waals surface area contributed by atoms with E-state index >= 15 is 0 Å². The highest BCUT2D eigenvalue weighted by Crippen LogP contribution is 2.17. The van der Waals surface area contributed by atoms with E-state index in [9.17, 15) is 14.7 Å². The molecule has 0 bridgehead atoms. The lowest BCUT2D eigenvalue weighted by atomic mass is 10.2. The van der Waals surface area contributed by atoms with Crippen molar-refractivity contribution in [2.45, 2.75) is 0 Å². The fourth-order valence-corrected chi connectivity index (χ4v) is 1.90. The zero-order valence-corrected chi connectivity index (χ0v) is 12.4. The quantitative estimate of drug-likeness (QED) is 0.893. The molecule has 0 aliphatic heterocycles. The van der Waals surface area contributed by atoms with Gasteiger partial charge in [-0.3, -0.25) is 4.79 Å². The molecule has 2 aromatic carbocycles. The Labute approximate surface area is 129 Å². The Hall–Kier alpha value is -2.34. The van der Waals surface area contributed by atoms with Crippen molar-refractivity contribution in [3.05, 3.63) is 58.6 Å². The lowest BCUT2D eigenvalue weighted by Gasteiger charge is -2.12. The summed E-state index contributed by atoms with van der Waals surface area (Å²) in [4.78, 5) is 22.7. The molecule has 5 nitrogen and oxygen atoms in total. The van der Waals surface area contributed by atoms with Crippen LogP contribution in [-0.4, -0.2) is 18.5 Å². The van der Waals surface area contributed by atoms with Gasteiger partial charge in [0.15, 0.2) is 6.61 Å². The van der Waals surface area contributed by atoms with Crippen molar-refractivity contribution < 1.29 is 19.4 Å². The summed E-state index contributed by atoms with van der Waals surface area (Å²) in [7, 11) is 0. The summed E-state index contributed by atoms with van der Waals surface area (Å²) < 4.78 is 6.20. The zero-order chi connectivity index (χ0) is 15.2. The minimum Gasteiger partial charge on any atom is -0.545 e. The molecule has 0 fully saturated rings. The van der Waals surface area contributed by atoms with E-state index in [4.69, 9.17) is 4.74 Å². The normalized spacial score (nSPS) is 9.95. The fraction of sp³-hybridized carbons (Fsp3) is 0.0667. The maximum atomic E-state index is 11.8. The maximum absolute atomic E-state index is 11.8. The molecule has 1 amide bonds. The van der Waals surface area contributed by atoms with Crippen LogP contribution in [0.2, 0.25) is 0 Å². The van der Waals surface area contributed by atoms with E-state index in [0.29, 0.717) is 5.75 Å². The van der Waals surface area contributed by atoms with Gasteiger partial charge in [-0.15, -0.1) is 0 Å². The molecule has 0 saturated heterocycles. The molecule has 0 aliphatic rings. The first-order valence-corrected chi connectivity index (χ1v) is 6.84. The molecule has 0 heterocycles. The van der Waals surface area contributed by atoms with Crippen LogP contribution in [0.15, 0.2) is 53.0 Å². The highest BCUT2D eigenvalue weighted by atomic mass is 79.9. The van der Waals surface area contributed by atoms with Crippen LogP contribution in [-0.2, 0) is 4.79 Å². The van der Waals surface area contributed by atoms with Crippen LogP contribution in [0.1, 0.15) is 10.4 Å². The Morgan fingerprint density at radius 3 is 2.43 bits per heavy atom. The lowest BCUT2D eigenvalue weighted by Crippen LogP contribution is -2.26. The van der Waals surface area contributed by atoms with Gasteiger partial charge in [0.1, 0.15) is 5.75 Å². The van der Waals surface area contributed by atoms with Gasteiger partial charge >= 0.3 is 0 Å². The van der Waals surface area contributed by atoms with Crippen molar-refractivity contribution in [3.63, 3.8) is 0 Å². The Morgan fingerprint density at radius 1 is 1.10 bits per heavy atom. The number of ether oxygens (including phenoxy) is 1. The Bertz CT molecular complexity index is 655. The zero-order valence-electron chi connectivity index (χ0n) is 10.8. The first-order valence-electron chi connectivity index (χ1n) is 6.05. The number of anilines is 1. The second-order valence-electron chi connectivity index (χ2n) is 4.12. The number of carbonyl (C=O) groups excluding carboxylic acids is 2. The van der Waals surface area contributed by atoms with Crippen LogP contribution in [0, 0.1) is 0 Å². The highest BCUT2D eigenvalue weighted by molar-refractivity contribution is 9.10. The summed E-state index contributed by atoms with van der Waals surface area (Å²) in [5.74, 6) is -1.26. The molecule has 21 heavy (non-hydrogen) atoms. The molecule has 2 rings (SSSR count). The smallest absolute Gasteiger partial charge is 0.262 e. The summed E-state index contributed by atoms with van der Waals surface area (Å²) in [6.07, 6.45) is 0. The lowest BCUT2D eigenvalue weighted by molar-refractivity contribution is -0.254. The van der Waals surface area contributed by atoms with Gasteiger partial charge in [0.05, 0.1) is 5.97 Å². The molecular weight excluding hydrogens is 338 g/mol. The van der Waals surface area contributed by atoms with Gasteiger partial charge in [-0.2, -0.15) is 0 Å². The fourth-order valence-electron chi connectivity index (χ4n) is 1.64. The summed E-state index contributed by atoms with van der Waals surface area (Å²) in [6.45, 7) is -0.219. The average Bonchev–Trinajstić information content (AvgIpc) is 2.47. The van der Waals surface area contributed by atoms with Crippen LogP contribution in [0.4, 0.5) is 5.69 Å². The molecule has 0 spiro atoms. The molecule has 0 atom stereocenters. The minimum absolute atomic E-state index is 0.0745. The second-order valence-corrected chi connectivity index (χ2v) is 5.04. The van der Waals surface area contributed by atoms with Gasteiger partial charge in [-0.1, -0.05) is 34.1 Å². The van der Waals surface area contributed by atoms with Gasteiger partial charge in [-0.05, 0) is 30.3 Å². The average molecular weight is 349 g/mol. The van der Waals surface area contributed by atoms with Crippen molar-refractivity contribution in [2.24, 2.45) is 0 Å². The number of carboxylic acids is 1. The van der Waals surface area contributed by atoms with E-state index < -0.39 is 11.9 Å². The van der Waals surface area contributed by atoms with E-state index in [1.54, 1.807) is 36.4 Å². The van der Waals surface area contributed by atoms with Crippen molar-refractivity contribution in [1.29, 1.82) is 0 Å². The third-order valence-electron chi connectivity index (χ3n) is 2.60. The third kappa shape index (κ3) is 4.32. The summed E-state index contributed by atoms with van der Waals surface area (Å²) in [5.41, 5.74) is 0.108. The van der Waals surface area contributed by atoms with E-state index in [0.717, 1.165) is 4.47 Å².